The SMILES string of the molecule is F[C@H]1C[C@@H](CNCc2cccc3[nH]ccc23)N(Cc2nccs2)C1. The second kappa shape index (κ2) is 7.01. The molecule has 2 aromatic heterocycles. The van der Waals surface area contributed by atoms with Crippen molar-refractivity contribution in [3.8, 4) is 0 Å². The fourth-order valence-corrected chi connectivity index (χ4v) is 4.15. The summed E-state index contributed by atoms with van der Waals surface area (Å²) in [6.07, 6.45) is 3.65. The van der Waals surface area contributed by atoms with Gasteiger partial charge >= 0.3 is 0 Å². The molecular formula is C18H21FN4S. The van der Waals surface area contributed by atoms with Crippen LogP contribution in [0.15, 0.2) is 42.0 Å². The molecule has 1 aliphatic heterocycles. The summed E-state index contributed by atoms with van der Waals surface area (Å²) < 4.78 is 13.9. The molecule has 6 heteroatoms. The van der Waals surface area contributed by atoms with Gasteiger partial charge in [-0.25, -0.2) is 9.37 Å². The molecule has 0 bridgehead atoms. The van der Waals surface area contributed by atoms with E-state index in [0.29, 0.717) is 13.0 Å². The summed E-state index contributed by atoms with van der Waals surface area (Å²) in [4.78, 5) is 9.78. The van der Waals surface area contributed by atoms with Gasteiger partial charge in [-0.3, -0.25) is 4.90 Å². The topological polar surface area (TPSA) is 44.0 Å². The number of hydrogen-bond donors (Lipinski definition) is 2. The Morgan fingerprint density at radius 2 is 2.33 bits per heavy atom. The number of aromatic nitrogens is 2. The van der Waals surface area contributed by atoms with Gasteiger partial charge in [0.15, 0.2) is 0 Å². The van der Waals surface area contributed by atoms with Crippen LogP contribution < -0.4 is 5.32 Å². The van der Waals surface area contributed by atoms with Crippen LogP contribution in [0.4, 0.5) is 4.39 Å². The van der Waals surface area contributed by atoms with E-state index in [-0.39, 0.29) is 6.04 Å². The molecule has 126 valence electrons. The van der Waals surface area contributed by atoms with Gasteiger partial charge in [0, 0.05) is 54.4 Å². The third-order valence-electron chi connectivity index (χ3n) is 4.68. The van der Waals surface area contributed by atoms with Crippen molar-refractivity contribution in [1.29, 1.82) is 0 Å². The normalized spacial score (nSPS) is 21.7. The van der Waals surface area contributed by atoms with Gasteiger partial charge in [0.1, 0.15) is 11.2 Å². The average Bonchev–Trinajstić information content (AvgIpc) is 3.30. The highest BCUT2D eigenvalue weighted by Gasteiger charge is 2.32. The van der Waals surface area contributed by atoms with Crippen LogP contribution >= 0.6 is 11.3 Å². The van der Waals surface area contributed by atoms with Crippen molar-refractivity contribution >= 4 is 22.2 Å². The van der Waals surface area contributed by atoms with Gasteiger partial charge in [-0.2, -0.15) is 0 Å². The highest BCUT2D eigenvalue weighted by atomic mass is 32.1. The summed E-state index contributed by atoms with van der Waals surface area (Å²) in [5, 5.41) is 7.80. The molecule has 24 heavy (non-hydrogen) atoms. The predicted molar refractivity (Wildman–Crippen MR) is 95.8 cm³/mol. The molecule has 3 aromatic rings. The number of H-pyrrole nitrogens is 1. The number of nitrogens with one attached hydrogen (secondary N) is 2. The van der Waals surface area contributed by atoms with E-state index in [9.17, 15) is 4.39 Å². The van der Waals surface area contributed by atoms with Crippen molar-refractivity contribution in [1.82, 2.24) is 20.2 Å². The van der Waals surface area contributed by atoms with Gasteiger partial charge in [0.2, 0.25) is 0 Å². The lowest BCUT2D eigenvalue weighted by molar-refractivity contribution is 0.230. The van der Waals surface area contributed by atoms with Gasteiger partial charge in [-0.05, 0) is 24.1 Å². The number of alkyl halides is 1. The number of likely N-dealkylation sites (tertiary alicyclic amines) is 1. The fourth-order valence-electron chi connectivity index (χ4n) is 3.51. The first-order valence-electron chi connectivity index (χ1n) is 8.32. The molecule has 2 N–H and O–H groups in total. The van der Waals surface area contributed by atoms with Crippen LogP contribution in [0.5, 0.6) is 0 Å². The molecule has 0 spiro atoms. The average molecular weight is 344 g/mol. The molecule has 4 nitrogen and oxygen atoms in total. The van der Waals surface area contributed by atoms with E-state index in [1.54, 1.807) is 11.3 Å². The molecule has 0 unspecified atom stereocenters. The summed E-state index contributed by atoms with van der Waals surface area (Å²) in [5.41, 5.74) is 2.43. The van der Waals surface area contributed by atoms with E-state index in [0.717, 1.165) is 30.2 Å². The van der Waals surface area contributed by atoms with Crippen LogP contribution in [-0.2, 0) is 13.1 Å². The molecule has 2 atom stereocenters. The molecule has 1 aliphatic rings. The second-order valence-corrected chi connectivity index (χ2v) is 7.31. The summed E-state index contributed by atoms with van der Waals surface area (Å²) >= 11 is 1.64. The molecule has 0 radical (unpaired) electrons. The summed E-state index contributed by atoms with van der Waals surface area (Å²) in [7, 11) is 0. The van der Waals surface area contributed by atoms with Crippen LogP contribution in [0.3, 0.4) is 0 Å². The van der Waals surface area contributed by atoms with Crippen LogP contribution in [0.2, 0.25) is 0 Å². The number of rotatable bonds is 6. The minimum absolute atomic E-state index is 0.231. The first-order chi connectivity index (χ1) is 11.8. The Morgan fingerprint density at radius 1 is 1.38 bits per heavy atom. The van der Waals surface area contributed by atoms with E-state index in [4.69, 9.17) is 0 Å². The molecule has 0 aliphatic carbocycles. The van der Waals surface area contributed by atoms with Gasteiger partial charge in [-0.1, -0.05) is 12.1 Å². The molecule has 1 saturated heterocycles. The number of halogens is 1. The van der Waals surface area contributed by atoms with Gasteiger partial charge in [-0.15, -0.1) is 11.3 Å². The van der Waals surface area contributed by atoms with Crippen LogP contribution in [0.25, 0.3) is 10.9 Å². The molecule has 0 amide bonds. The highest BCUT2D eigenvalue weighted by molar-refractivity contribution is 7.09. The van der Waals surface area contributed by atoms with E-state index in [1.807, 2.05) is 17.8 Å². The Hall–Kier alpha value is -1.76. The third-order valence-corrected chi connectivity index (χ3v) is 5.44. The summed E-state index contributed by atoms with van der Waals surface area (Å²) in [6, 6.07) is 8.63. The monoisotopic (exact) mass is 344 g/mol. The zero-order valence-corrected chi connectivity index (χ0v) is 14.2. The smallest absolute Gasteiger partial charge is 0.114 e. The maximum atomic E-state index is 13.9. The molecule has 3 heterocycles. The van der Waals surface area contributed by atoms with Crippen molar-refractivity contribution in [2.24, 2.45) is 0 Å². The minimum Gasteiger partial charge on any atom is -0.361 e. The quantitative estimate of drug-likeness (QED) is 0.721. The lowest BCUT2D eigenvalue weighted by Gasteiger charge is -2.23. The van der Waals surface area contributed by atoms with Gasteiger partial charge < -0.3 is 10.3 Å². The third kappa shape index (κ3) is 3.36. The number of nitrogens with zero attached hydrogens (tertiary/aromatic N) is 2. The van der Waals surface area contributed by atoms with Crippen molar-refractivity contribution in [2.45, 2.75) is 31.7 Å². The van der Waals surface area contributed by atoms with Crippen LogP contribution in [-0.4, -0.2) is 40.2 Å². The Balaban J connectivity index is 1.36. The van der Waals surface area contributed by atoms with Gasteiger partial charge in [0.05, 0.1) is 6.54 Å². The lowest BCUT2D eigenvalue weighted by Crippen LogP contribution is -2.37. The first-order valence-corrected chi connectivity index (χ1v) is 9.20. The fraction of sp³-hybridized carbons (Fsp3) is 0.389. The zero-order valence-electron chi connectivity index (χ0n) is 13.4. The summed E-state index contributed by atoms with van der Waals surface area (Å²) in [5.74, 6) is 0. The number of hydrogen-bond acceptors (Lipinski definition) is 4. The van der Waals surface area contributed by atoms with Crippen molar-refractivity contribution in [2.75, 3.05) is 13.1 Å². The van der Waals surface area contributed by atoms with E-state index in [2.05, 4.69) is 44.5 Å². The predicted octanol–water partition coefficient (Wildman–Crippen LogP) is 3.33. The number of benzene rings is 1. The van der Waals surface area contributed by atoms with E-state index in [1.165, 1.54) is 10.9 Å². The Bertz CT molecular complexity index is 785. The van der Waals surface area contributed by atoms with E-state index < -0.39 is 6.17 Å². The molecular weight excluding hydrogens is 323 g/mol. The Morgan fingerprint density at radius 3 is 3.21 bits per heavy atom. The Labute approximate surface area is 144 Å². The maximum Gasteiger partial charge on any atom is 0.114 e. The first kappa shape index (κ1) is 15.7. The van der Waals surface area contributed by atoms with Crippen LogP contribution in [0, 0.1) is 0 Å². The zero-order chi connectivity index (χ0) is 16.4. The molecule has 0 saturated carbocycles. The largest absolute Gasteiger partial charge is 0.361 e. The van der Waals surface area contributed by atoms with Crippen LogP contribution in [0.1, 0.15) is 17.0 Å². The van der Waals surface area contributed by atoms with Crippen molar-refractivity contribution < 1.29 is 4.39 Å². The molecule has 1 aromatic carbocycles. The van der Waals surface area contributed by atoms with E-state index >= 15 is 0 Å². The van der Waals surface area contributed by atoms with Crippen molar-refractivity contribution in [3.05, 3.63) is 52.6 Å². The number of fused-ring (bicyclic) bond motifs is 1. The summed E-state index contributed by atoms with van der Waals surface area (Å²) in [6.45, 7) is 2.86. The molecule has 1 fully saturated rings. The number of aromatic amines is 1. The maximum absolute atomic E-state index is 13.9. The van der Waals surface area contributed by atoms with Crippen molar-refractivity contribution in [3.63, 3.8) is 0 Å². The van der Waals surface area contributed by atoms with Gasteiger partial charge in [0.25, 0.3) is 0 Å². The standard InChI is InChI=1S/C18H21FN4S/c19-14-8-15(23(11-14)12-18-22-6-7-24-18)10-20-9-13-2-1-3-17-16(13)4-5-21-17/h1-7,14-15,20-21H,8-12H2/t14-,15-/m0/s1. The Kier molecular flexibility index (Phi) is 4.60. The molecule has 4 rings (SSSR count). The lowest BCUT2D eigenvalue weighted by atomic mass is 10.1. The highest BCUT2D eigenvalue weighted by Crippen LogP contribution is 2.23. The minimum atomic E-state index is -0.732. The number of thiazole rings is 1. The second-order valence-electron chi connectivity index (χ2n) is 6.33.